The maximum atomic E-state index is 13.2. The van der Waals surface area contributed by atoms with Crippen molar-refractivity contribution in [2.24, 2.45) is 5.10 Å². The molecule has 12 heteroatoms. The summed E-state index contributed by atoms with van der Waals surface area (Å²) >= 11 is 5.95. The topological polar surface area (TPSA) is 53.9 Å². The average molecular weight is 556 g/mol. The van der Waals surface area contributed by atoms with Crippen molar-refractivity contribution < 1.29 is 35.9 Å². The molecule has 200 valence electrons. The van der Waals surface area contributed by atoms with Crippen LogP contribution in [0.15, 0.2) is 71.8 Å². The van der Waals surface area contributed by atoms with Gasteiger partial charge in [-0.05, 0) is 36.8 Å². The fourth-order valence-corrected chi connectivity index (χ4v) is 4.54. The van der Waals surface area contributed by atoms with Crippen molar-refractivity contribution >= 4 is 29.0 Å². The normalized spacial score (nSPS) is 17.8. The summed E-state index contributed by atoms with van der Waals surface area (Å²) in [6.45, 7) is 1.77. The summed E-state index contributed by atoms with van der Waals surface area (Å²) < 4.78 is 84.1. The minimum absolute atomic E-state index is 0.00537. The number of nitrogens with zero attached hydrogens (tertiary/aromatic N) is 2. The molecule has 0 saturated heterocycles. The van der Waals surface area contributed by atoms with E-state index in [1.165, 1.54) is 6.07 Å². The van der Waals surface area contributed by atoms with Crippen LogP contribution in [-0.2, 0) is 17.8 Å². The fraction of sp³-hybridized carbons (Fsp3) is 0.231. The maximum Gasteiger partial charge on any atom is 0.419 e. The lowest BCUT2D eigenvalue weighted by Gasteiger charge is -2.27. The van der Waals surface area contributed by atoms with Crippen LogP contribution in [0.4, 0.5) is 36.8 Å². The van der Waals surface area contributed by atoms with E-state index in [1.807, 2.05) is 0 Å². The monoisotopic (exact) mass is 555 g/mol. The quantitative estimate of drug-likeness (QED) is 0.337. The lowest BCUT2D eigenvalue weighted by atomic mass is 9.76. The van der Waals surface area contributed by atoms with Gasteiger partial charge in [0.2, 0.25) is 0 Å². The van der Waals surface area contributed by atoms with Gasteiger partial charge in [-0.3, -0.25) is 0 Å². The van der Waals surface area contributed by atoms with E-state index in [0.29, 0.717) is 5.71 Å². The highest BCUT2D eigenvalue weighted by atomic mass is 35.5. The lowest BCUT2D eigenvalue weighted by molar-refractivity contribution is -0.139. The predicted octanol–water partition coefficient (Wildman–Crippen LogP) is 7.60. The molecule has 1 heterocycles. The molecule has 0 fully saturated rings. The van der Waals surface area contributed by atoms with Crippen LogP contribution in [0.1, 0.15) is 29.2 Å². The summed E-state index contributed by atoms with van der Waals surface area (Å²) in [5.74, 6) is -0.477. The molecule has 3 aromatic rings. The van der Waals surface area contributed by atoms with Crippen LogP contribution in [0.2, 0.25) is 5.02 Å². The van der Waals surface area contributed by atoms with Gasteiger partial charge in [0.05, 0.1) is 40.9 Å². The van der Waals surface area contributed by atoms with Gasteiger partial charge in [-0.1, -0.05) is 48.0 Å². The van der Waals surface area contributed by atoms with Crippen molar-refractivity contribution in [2.75, 3.05) is 19.0 Å². The third kappa shape index (κ3) is 5.28. The summed E-state index contributed by atoms with van der Waals surface area (Å²) in [7, 11) is 1.08. The number of methoxy groups -OCH3 is 1. The fourth-order valence-electron chi connectivity index (χ4n) is 4.25. The SMILES string of the molecule is COc1cc(NC(=O)N2CC(C)(c3ccccc3)C(c3ccc(C(F)(F)F)c(Cl)c3)=N2)ccc1C(F)(F)F. The molecule has 0 bridgehead atoms. The minimum atomic E-state index is -4.65. The van der Waals surface area contributed by atoms with Gasteiger partial charge < -0.3 is 10.1 Å². The van der Waals surface area contributed by atoms with Gasteiger partial charge in [-0.2, -0.15) is 31.4 Å². The molecule has 1 unspecified atom stereocenters. The highest BCUT2D eigenvalue weighted by Gasteiger charge is 2.43. The van der Waals surface area contributed by atoms with Gasteiger partial charge in [0, 0.05) is 17.3 Å². The Morgan fingerprint density at radius 1 is 0.974 bits per heavy atom. The van der Waals surface area contributed by atoms with E-state index < -0.39 is 45.7 Å². The molecule has 1 aliphatic rings. The number of hydrogen-bond acceptors (Lipinski definition) is 3. The number of rotatable bonds is 4. The molecular weight excluding hydrogens is 536 g/mol. The number of halogens is 7. The summed E-state index contributed by atoms with van der Waals surface area (Å²) in [6, 6.07) is 14.3. The third-order valence-corrected chi connectivity index (χ3v) is 6.47. The van der Waals surface area contributed by atoms with E-state index >= 15 is 0 Å². The first kappa shape index (κ1) is 27.3. The van der Waals surface area contributed by atoms with E-state index in [1.54, 1.807) is 37.3 Å². The molecule has 0 aromatic heterocycles. The molecule has 1 atom stereocenters. The number of nitrogens with one attached hydrogen (secondary N) is 1. The highest BCUT2D eigenvalue weighted by Crippen LogP contribution is 2.40. The van der Waals surface area contributed by atoms with Crippen molar-refractivity contribution in [1.29, 1.82) is 0 Å². The minimum Gasteiger partial charge on any atom is -0.496 e. The standard InChI is InChI=1S/C26H20ClF6N3O2/c1-24(16-6-4-3-5-7-16)14-36(35-22(24)15-8-10-18(20(27)12-15)25(28,29)30)23(37)34-17-9-11-19(26(31,32)33)21(13-17)38-2/h3-13H,14H2,1-2H3,(H,34,37). The van der Waals surface area contributed by atoms with Crippen LogP contribution < -0.4 is 10.1 Å². The predicted molar refractivity (Wildman–Crippen MR) is 131 cm³/mol. The number of carbonyl (C=O) groups is 1. The zero-order valence-corrected chi connectivity index (χ0v) is 20.7. The molecule has 4 rings (SSSR count). The Hall–Kier alpha value is -3.73. The van der Waals surface area contributed by atoms with Gasteiger partial charge >= 0.3 is 18.4 Å². The number of amides is 2. The number of carbonyl (C=O) groups excluding carboxylic acids is 1. The van der Waals surface area contributed by atoms with Crippen LogP contribution in [0.25, 0.3) is 0 Å². The van der Waals surface area contributed by atoms with Crippen molar-refractivity contribution in [3.8, 4) is 5.75 Å². The van der Waals surface area contributed by atoms with Crippen LogP contribution >= 0.6 is 11.6 Å². The second kappa shape index (κ2) is 9.86. The Labute approximate surface area is 218 Å². The zero-order chi connectivity index (χ0) is 27.9. The second-order valence-electron chi connectivity index (χ2n) is 8.74. The number of hydrazone groups is 1. The average Bonchev–Trinajstić information content (AvgIpc) is 3.22. The second-order valence-corrected chi connectivity index (χ2v) is 9.15. The first-order valence-electron chi connectivity index (χ1n) is 11.1. The van der Waals surface area contributed by atoms with Gasteiger partial charge in [0.25, 0.3) is 0 Å². The molecule has 38 heavy (non-hydrogen) atoms. The Balaban J connectivity index is 1.70. The summed E-state index contributed by atoms with van der Waals surface area (Å²) in [5.41, 5.74) is -1.62. The molecule has 0 saturated carbocycles. The summed E-state index contributed by atoms with van der Waals surface area (Å²) in [4.78, 5) is 13.1. The Kier molecular flexibility index (Phi) is 7.09. The molecule has 1 N–H and O–H groups in total. The van der Waals surface area contributed by atoms with Crippen molar-refractivity contribution in [2.45, 2.75) is 24.7 Å². The first-order chi connectivity index (χ1) is 17.7. The molecule has 0 aliphatic carbocycles. The first-order valence-corrected chi connectivity index (χ1v) is 11.5. The van der Waals surface area contributed by atoms with Crippen LogP contribution in [0, 0.1) is 0 Å². The summed E-state index contributed by atoms with van der Waals surface area (Å²) in [5, 5.41) is 7.45. The van der Waals surface area contributed by atoms with Crippen LogP contribution in [-0.4, -0.2) is 30.4 Å². The van der Waals surface area contributed by atoms with E-state index in [4.69, 9.17) is 16.3 Å². The van der Waals surface area contributed by atoms with Crippen LogP contribution in [0.5, 0.6) is 5.75 Å². The third-order valence-electron chi connectivity index (χ3n) is 6.16. The highest BCUT2D eigenvalue weighted by molar-refractivity contribution is 6.32. The molecule has 5 nitrogen and oxygen atoms in total. The van der Waals surface area contributed by atoms with E-state index in [-0.39, 0.29) is 17.8 Å². The number of alkyl halides is 6. The Morgan fingerprint density at radius 3 is 2.18 bits per heavy atom. The zero-order valence-electron chi connectivity index (χ0n) is 19.9. The smallest absolute Gasteiger partial charge is 0.419 e. The van der Waals surface area contributed by atoms with Gasteiger partial charge in [0.15, 0.2) is 0 Å². The van der Waals surface area contributed by atoms with Crippen molar-refractivity contribution in [3.63, 3.8) is 0 Å². The molecule has 2 amide bonds. The molecular formula is C26H20ClF6N3O2. The van der Waals surface area contributed by atoms with E-state index in [9.17, 15) is 31.1 Å². The molecule has 3 aromatic carbocycles. The Morgan fingerprint density at radius 2 is 1.61 bits per heavy atom. The number of benzene rings is 3. The van der Waals surface area contributed by atoms with Gasteiger partial charge in [0.1, 0.15) is 5.75 Å². The summed E-state index contributed by atoms with van der Waals surface area (Å²) in [6.07, 6.45) is -9.30. The number of anilines is 1. The van der Waals surface area contributed by atoms with E-state index in [2.05, 4.69) is 10.4 Å². The number of urea groups is 1. The number of ether oxygens (including phenoxy) is 1. The maximum absolute atomic E-state index is 13.2. The van der Waals surface area contributed by atoms with E-state index in [0.717, 1.165) is 48.0 Å². The Bertz CT molecular complexity index is 1390. The number of hydrogen-bond donors (Lipinski definition) is 1. The van der Waals surface area contributed by atoms with Crippen molar-refractivity contribution in [1.82, 2.24) is 5.01 Å². The lowest BCUT2D eigenvalue weighted by Crippen LogP contribution is -2.38. The molecule has 0 spiro atoms. The van der Waals surface area contributed by atoms with Gasteiger partial charge in [-0.15, -0.1) is 0 Å². The molecule has 0 radical (unpaired) electrons. The van der Waals surface area contributed by atoms with Crippen LogP contribution in [0.3, 0.4) is 0 Å². The van der Waals surface area contributed by atoms with Gasteiger partial charge in [-0.25, -0.2) is 9.80 Å². The largest absolute Gasteiger partial charge is 0.496 e. The molecule has 1 aliphatic heterocycles. The van der Waals surface area contributed by atoms with Crippen molar-refractivity contribution in [3.05, 3.63) is 94.0 Å².